The molecule has 110 valence electrons. The molecule has 0 saturated carbocycles. The SMILES string of the molecule is CC1CC(C)CN(C(=O)CN2CCC(N)CC2C)C1. The van der Waals surface area contributed by atoms with Gasteiger partial charge in [0.2, 0.25) is 5.91 Å². The molecule has 2 aliphatic heterocycles. The maximum Gasteiger partial charge on any atom is 0.236 e. The molecule has 19 heavy (non-hydrogen) atoms. The molecule has 4 nitrogen and oxygen atoms in total. The zero-order chi connectivity index (χ0) is 14.0. The van der Waals surface area contributed by atoms with E-state index in [2.05, 4.69) is 30.6 Å². The lowest BCUT2D eigenvalue weighted by molar-refractivity contribution is -0.136. The molecule has 0 radical (unpaired) electrons. The Labute approximate surface area is 117 Å². The molecule has 2 aliphatic rings. The number of hydrogen-bond donors (Lipinski definition) is 1. The van der Waals surface area contributed by atoms with Crippen molar-refractivity contribution in [2.24, 2.45) is 17.6 Å². The van der Waals surface area contributed by atoms with E-state index in [0.717, 1.165) is 32.5 Å². The number of nitrogens with zero attached hydrogens (tertiary/aromatic N) is 2. The Hall–Kier alpha value is -0.610. The average Bonchev–Trinajstić information content (AvgIpc) is 2.31. The van der Waals surface area contributed by atoms with Crippen LogP contribution in [0, 0.1) is 11.8 Å². The molecule has 4 unspecified atom stereocenters. The minimum atomic E-state index is 0.306. The Bertz CT molecular complexity index is 311. The highest BCUT2D eigenvalue weighted by atomic mass is 16.2. The highest BCUT2D eigenvalue weighted by Gasteiger charge is 2.29. The van der Waals surface area contributed by atoms with Gasteiger partial charge in [0.05, 0.1) is 6.54 Å². The molecular formula is C15H29N3O. The third-order valence-electron chi connectivity index (χ3n) is 4.61. The minimum absolute atomic E-state index is 0.306. The summed E-state index contributed by atoms with van der Waals surface area (Å²) in [5, 5.41) is 0. The third kappa shape index (κ3) is 3.93. The van der Waals surface area contributed by atoms with Gasteiger partial charge in [-0.3, -0.25) is 9.69 Å². The predicted octanol–water partition coefficient (Wildman–Crippen LogP) is 1.30. The van der Waals surface area contributed by atoms with E-state index < -0.39 is 0 Å². The second kappa shape index (κ2) is 6.23. The molecule has 2 heterocycles. The molecule has 0 spiro atoms. The van der Waals surface area contributed by atoms with Crippen molar-refractivity contribution in [3.05, 3.63) is 0 Å². The standard InChI is InChI=1S/C15H29N3O/c1-11-6-12(2)9-18(8-11)15(19)10-17-5-4-14(16)7-13(17)3/h11-14H,4-10,16H2,1-3H3. The number of amides is 1. The molecule has 1 amide bonds. The smallest absolute Gasteiger partial charge is 0.236 e. The molecule has 0 aromatic heterocycles. The van der Waals surface area contributed by atoms with Gasteiger partial charge in [-0.25, -0.2) is 0 Å². The number of piperidine rings is 2. The number of likely N-dealkylation sites (tertiary alicyclic amines) is 2. The zero-order valence-corrected chi connectivity index (χ0v) is 12.6. The average molecular weight is 267 g/mol. The van der Waals surface area contributed by atoms with Gasteiger partial charge >= 0.3 is 0 Å². The van der Waals surface area contributed by atoms with Crippen LogP contribution in [0.25, 0.3) is 0 Å². The van der Waals surface area contributed by atoms with Gasteiger partial charge < -0.3 is 10.6 Å². The third-order valence-corrected chi connectivity index (χ3v) is 4.61. The summed E-state index contributed by atoms with van der Waals surface area (Å²) in [7, 11) is 0. The van der Waals surface area contributed by atoms with E-state index in [1.807, 2.05) is 0 Å². The first-order valence-electron chi connectivity index (χ1n) is 7.73. The summed E-state index contributed by atoms with van der Waals surface area (Å²) in [6.45, 7) is 10.1. The summed E-state index contributed by atoms with van der Waals surface area (Å²) in [4.78, 5) is 16.8. The van der Waals surface area contributed by atoms with Crippen LogP contribution in [-0.2, 0) is 4.79 Å². The maximum atomic E-state index is 12.4. The van der Waals surface area contributed by atoms with Gasteiger partial charge in [-0.1, -0.05) is 13.8 Å². The fourth-order valence-corrected chi connectivity index (χ4v) is 3.63. The van der Waals surface area contributed by atoms with Crippen molar-refractivity contribution in [1.29, 1.82) is 0 Å². The number of carbonyl (C=O) groups is 1. The Balaban J connectivity index is 1.86. The molecule has 4 heteroatoms. The van der Waals surface area contributed by atoms with Crippen LogP contribution in [0.1, 0.15) is 40.0 Å². The van der Waals surface area contributed by atoms with E-state index in [4.69, 9.17) is 5.73 Å². The summed E-state index contributed by atoms with van der Waals surface area (Å²) in [5.74, 6) is 1.58. The lowest BCUT2D eigenvalue weighted by atomic mass is 9.92. The number of carbonyl (C=O) groups excluding carboxylic acids is 1. The van der Waals surface area contributed by atoms with Gasteiger partial charge in [0, 0.05) is 31.7 Å². The second-order valence-electron chi connectivity index (χ2n) is 6.85. The topological polar surface area (TPSA) is 49.6 Å². The summed E-state index contributed by atoms with van der Waals surface area (Å²) >= 11 is 0. The van der Waals surface area contributed by atoms with Crippen molar-refractivity contribution in [3.63, 3.8) is 0 Å². The van der Waals surface area contributed by atoms with Crippen molar-refractivity contribution in [2.45, 2.75) is 52.1 Å². The van der Waals surface area contributed by atoms with Gasteiger partial charge in [-0.15, -0.1) is 0 Å². The van der Waals surface area contributed by atoms with Gasteiger partial charge in [-0.2, -0.15) is 0 Å². The van der Waals surface area contributed by atoms with Gasteiger partial charge in [0.1, 0.15) is 0 Å². The number of nitrogens with two attached hydrogens (primary N) is 1. The molecule has 0 aromatic rings. The Kier molecular flexibility index (Phi) is 4.85. The van der Waals surface area contributed by atoms with Crippen LogP contribution in [0.2, 0.25) is 0 Å². The van der Waals surface area contributed by atoms with Crippen LogP contribution in [0.3, 0.4) is 0 Å². The quantitative estimate of drug-likeness (QED) is 0.820. The van der Waals surface area contributed by atoms with Crippen molar-refractivity contribution < 1.29 is 4.79 Å². The lowest BCUT2D eigenvalue weighted by Crippen LogP contribution is -2.52. The molecule has 0 aromatic carbocycles. The van der Waals surface area contributed by atoms with E-state index >= 15 is 0 Å². The summed E-state index contributed by atoms with van der Waals surface area (Å²) < 4.78 is 0. The fraction of sp³-hybridized carbons (Fsp3) is 0.933. The summed E-state index contributed by atoms with van der Waals surface area (Å²) in [5.41, 5.74) is 5.98. The second-order valence-corrected chi connectivity index (χ2v) is 6.85. The van der Waals surface area contributed by atoms with Crippen molar-refractivity contribution in [1.82, 2.24) is 9.80 Å². The van der Waals surface area contributed by atoms with E-state index in [9.17, 15) is 4.79 Å². The van der Waals surface area contributed by atoms with Crippen molar-refractivity contribution >= 4 is 5.91 Å². The molecule has 4 atom stereocenters. The number of rotatable bonds is 2. The van der Waals surface area contributed by atoms with Crippen molar-refractivity contribution in [2.75, 3.05) is 26.2 Å². The molecule has 0 bridgehead atoms. The molecule has 2 saturated heterocycles. The lowest BCUT2D eigenvalue weighted by Gasteiger charge is -2.39. The van der Waals surface area contributed by atoms with Crippen molar-refractivity contribution in [3.8, 4) is 0 Å². The monoisotopic (exact) mass is 267 g/mol. The highest BCUT2D eigenvalue weighted by molar-refractivity contribution is 5.78. The molecule has 2 rings (SSSR count). The summed E-state index contributed by atoms with van der Waals surface area (Å²) in [6.07, 6.45) is 3.28. The Morgan fingerprint density at radius 2 is 1.79 bits per heavy atom. The summed E-state index contributed by atoms with van der Waals surface area (Å²) in [6, 6.07) is 0.753. The van der Waals surface area contributed by atoms with E-state index in [1.54, 1.807) is 0 Å². The first kappa shape index (κ1) is 14.8. The largest absolute Gasteiger partial charge is 0.341 e. The van der Waals surface area contributed by atoms with Crippen LogP contribution < -0.4 is 5.73 Å². The van der Waals surface area contributed by atoms with Gasteiger partial charge in [0.15, 0.2) is 0 Å². The molecular weight excluding hydrogens is 238 g/mol. The van der Waals surface area contributed by atoms with Crippen LogP contribution in [0.5, 0.6) is 0 Å². The predicted molar refractivity (Wildman–Crippen MR) is 77.8 cm³/mol. The maximum absolute atomic E-state index is 12.4. The van der Waals surface area contributed by atoms with E-state index in [0.29, 0.717) is 36.4 Å². The minimum Gasteiger partial charge on any atom is -0.341 e. The van der Waals surface area contributed by atoms with Gasteiger partial charge in [0.25, 0.3) is 0 Å². The Morgan fingerprint density at radius 3 is 2.37 bits per heavy atom. The van der Waals surface area contributed by atoms with Gasteiger partial charge in [-0.05, 0) is 38.0 Å². The van der Waals surface area contributed by atoms with Crippen LogP contribution in [-0.4, -0.2) is 54.0 Å². The van der Waals surface area contributed by atoms with Crippen LogP contribution in [0.15, 0.2) is 0 Å². The molecule has 2 fully saturated rings. The highest BCUT2D eigenvalue weighted by Crippen LogP contribution is 2.22. The van der Waals surface area contributed by atoms with Crippen LogP contribution >= 0.6 is 0 Å². The first-order chi connectivity index (χ1) is 8.95. The number of hydrogen-bond acceptors (Lipinski definition) is 3. The van der Waals surface area contributed by atoms with E-state index in [1.165, 1.54) is 6.42 Å². The fourth-order valence-electron chi connectivity index (χ4n) is 3.63. The zero-order valence-electron chi connectivity index (χ0n) is 12.6. The Morgan fingerprint density at radius 1 is 1.16 bits per heavy atom. The van der Waals surface area contributed by atoms with Crippen LogP contribution in [0.4, 0.5) is 0 Å². The normalized spacial score (nSPS) is 37.4. The molecule has 0 aliphatic carbocycles. The van der Waals surface area contributed by atoms with E-state index in [-0.39, 0.29) is 0 Å². The first-order valence-corrected chi connectivity index (χ1v) is 7.73. The molecule has 2 N–H and O–H groups in total.